The molecule has 0 aliphatic rings. The summed E-state index contributed by atoms with van der Waals surface area (Å²) >= 11 is 5.73. The molecular formula is C7H9ClN2O2. The van der Waals surface area contributed by atoms with Gasteiger partial charge in [0.1, 0.15) is 12.0 Å². The Hall–Kier alpha value is -0.870. The molecule has 1 heterocycles. The largest absolute Gasteiger partial charge is 0.492 e. The summed E-state index contributed by atoms with van der Waals surface area (Å²) < 4.78 is 9.89. The van der Waals surface area contributed by atoms with Crippen LogP contribution in [0.25, 0.3) is 0 Å². The fraction of sp³-hybridized carbons (Fsp3) is 0.429. The van der Waals surface area contributed by atoms with E-state index in [0.29, 0.717) is 23.2 Å². The first-order valence-electron chi connectivity index (χ1n) is 3.32. The van der Waals surface area contributed by atoms with E-state index in [-0.39, 0.29) is 0 Å². The van der Waals surface area contributed by atoms with Crippen molar-refractivity contribution in [3.8, 4) is 5.75 Å². The van der Waals surface area contributed by atoms with Crippen LogP contribution in [0.4, 0.5) is 0 Å². The number of ether oxygens (including phenoxy) is 2. The number of methoxy groups -OCH3 is 2. The second-order valence-corrected chi connectivity index (χ2v) is 2.44. The minimum atomic E-state index is 0.305. The number of aromatic nitrogens is 2. The van der Waals surface area contributed by atoms with Crippen LogP contribution in [0.3, 0.4) is 0 Å². The molecule has 0 aromatic carbocycles. The summed E-state index contributed by atoms with van der Waals surface area (Å²) in [5.41, 5.74) is 0.653. The fourth-order valence-electron chi connectivity index (χ4n) is 0.827. The molecule has 66 valence electrons. The molecule has 0 amide bonds. The minimum Gasteiger partial charge on any atom is -0.492 e. The Morgan fingerprint density at radius 3 is 2.75 bits per heavy atom. The van der Waals surface area contributed by atoms with Gasteiger partial charge in [-0.2, -0.15) is 0 Å². The van der Waals surface area contributed by atoms with E-state index in [1.165, 1.54) is 13.4 Å². The van der Waals surface area contributed by atoms with E-state index in [2.05, 4.69) is 9.97 Å². The Kier molecular flexibility index (Phi) is 3.25. The summed E-state index contributed by atoms with van der Waals surface area (Å²) in [7, 11) is 3.10. The molecule has 1 rings (SSSR count). The van der Waals surface area contributed by atoms with Crippen molar-refractivity contribution in [2.24, 2.45) is 0 Å². The van der Waals surface area contributed by atoms with Gasteiger partial charge in [0.25, 0.3) is 0 Å². The molecule has 0 bridgehead atoms. The summed E-state index contributed by atoms with van der Waals surface area (Å²) in [6.07, 6.45) is 1.37. The number of hydrogen-bond acceptors (Lipinski definition) is 4. The predicted octanol–water partition coefficient (Wildman–Crippen LogP) is 1.28. The van der Waals surface area contributed by atoms with Crippen molar-refractivity contribution in [2.75, 3.05) is 14.2 Å². The van der Waals surface area contributed by atoms with E-state index in [1.54, 1.807) is 7.11 Å². The maximum absolute atomic E-state index is 5.73. The van der Waals surface area contributed by atoms with Gasteiger partial charge in [-0.1, -0.05) is 11.6 Å². The lowest BCUT2D eigenvalue weighted by molar-refractivity contribution is 0.177. The molecule has 1 aromatic heterocycles. The van der Waals surface area contributed by atoms with Gasteiger partial charge >= 0.3 is 0 Å². The van der Waals surface area contributed by atoms with Crippen molar-refractivity contribution >= 4 is 11.6 Å². The smallest absolute Gasteiger partial charge is 0.180 e. The molecule has 0 saturated carbocycles. The molecule has 1 aromatic rings. The summed E-state index contributed by atoms with van der Waals surface area (Å²) in [6, 6.07) is 0. The first-order chi connectivity index (χ1) is 5.79. The van der Waals surface area contributed by atoms with Crippen LogP contribution in [-0.2, 0) is 11.3 Å². The minimum absolute atomic E-state index is 0.305. The molecule has 0 saturated heterocycles. The third kappa shape index (κ3) is 1.84. The van der Waals surface area contributed by atoms with Crippen molar-refractivity contribution < 1.29 is 9.47 Å². The Labute approximate surface area is 75.5 Å². The van der Waals surface area contributed by atoms with E-state index in [9.17, 15) is 0 Å². The molecule has 0 radical (unpaired) electrons. The highest BCUT2D eigenvalue weighted by Gasteiger charge is 2.08. The van der Waals surface area contributed by atoms with Gasteiger partial charge < -0.3 is 9.47 Å². The summed E-state index contributed by atoms with van der Waals surface area (Å²) in [5, 5.41) is 0.305. The van der Waals surface area contributed by atoms with Crippen molar-refractivity contribution in [2.45, 2.75) is 6.61 Å². The van der Waals surface area contributed by atoms with Crippen molar-refractivity contribution in [1.82, 2.24) is 9.97 Å². The number of halogens is 1. The average molecular weight is 189 g/mol. The number of nitrogens with zero attached hydrogens (tertiary/aromatic N) is 2. The van der Waals surface area contributed by atoms with Gasteiger partial charge in [-0.25, -0.2) is 9.97 Å². The van der Waals surface area contributed by atoms with Crippen LogP contribution < -0.4 is 4.74 Å². The highest BCUT2D eigenvalue weighted by molar-refractivity contribution is 6.30. The zero-order valence-corrected chi connectivity index (χ0v) is 7.63. The van der Waals surface area contributed by atoms with Gasteiger partial charge in [0.15, 0.2) is 10.9 Å². The summed E-state index contributed by atoms with van der Waals surface area (Å²) in [4.78, 5) is 7.72. The third-order valence-electron chi connectivity index (χ3n) is 1.32. The van der Waals surface area contributed by atoms with Crippen LogP contribution in [0, 0.1) is 0 Å². The molecule has 0 N–H and O–H groups in total. The van der Waals surface area contributed by atoms with Gasteiger partial charge in [0, 0.05) is 7.11 Å². The van der Waals surface area contributed by atoms with Crippen LogP contribution in [0.1, 0.15) is 5.69 Å². The fourth-order valence-corrected chi connectivity index (χ4v) is 1.06. The molecule has 5 heteroatoms. The maximum atomic E-state index is 5.73. The van der Waals surface area contributed by atoms with Gasteiger partial charge in [0.05, 0.1) is 13.7 Å². The van der Waals surface area contributed by atoms with Crippen LogP contribution in [0.15, 0.2) is 6.33 Å². The second kappa shape index (κ2) is 4.23. The molecule has 0 unspecified atom stereocenters. The van der Waals surface area contributed by atoms with Crippen LogP contribution in [0.5, 0.6) is 5.75 Å². The Morgan fingerprint density at radius 1 is 1.42 bits per heavy atom. The third-order valence-corrected chi connectivity index (χ3v) is 1.59. The van der Waals surface area contributed by atoms with Gasteiger partial charge in [-0.3, -0.25) is 0 Å². The van der Waals surface area contributed by atoms with Gasteiger partial charge in [-0.15, -0.1) is 0 Å². The predicted molar refractivity (Wildman–Crippen MR) is 44.3 cm³/mol. The molecule has 0 fully saturated rings. The standard InChI is InChI=1S/C7H9ClN2O2/c1-11-3-5-6(12-2)7(8)10-4-9-5/h4H,3H2,1-2H3. The second-order valence-electron chi connectivity index (χ2n) is 2.08. The zero-order chi connectivity index (χ0) is 8.97. The SMILES string of the molecule is COCc1ncnc(Cl)c1OC. The lowest BCUT2D eigenvalue weighted by Crippen LogP contribution is -1.99. The Morgan fingerprint density at radius 2 is 2.17 bits per heavy atom. The van der Waals surface area contributed by atoms with E-state index in [1.807, 2.05) is 0 Å². The lowest BCUT2D eigenvalue weighted by Gasteiger charge is -2.06. The average Bonchev–Trinajstić information content (AvgIpc) is 2.05. The van der Waals surface area contributed by atoms with Crippen molar-refractivity contribution in [3.05, 3.63) is 17.2 Å². The van der Waals surface area contributed by atoms with E-state index in [0.717, 1.165) is 0 Å². The highest BCUT2D eigenvalue weighted by atomic mass is 35.5. The van der Waals surface area contributed by atoms with Crippen LogP contribution in [-0.4, -0.2) is 24.2 Å². The summed E-state index contributed by atoms with van der Waals surface area (Å²) in [6.45, 7) is 0.366. The van der Waals surface area contributed by atoms with E-state index < -0.39 is 0 Å². The monoisotopic (exact) mass is 188 g/mol. The Bertz CT molecular complexity index is 268. The van der Waals surface area contributed by atoms with Crippen molar-refractivity contribution in [1.29, 1.82) is 0 Å². The van der Waals surface area contributed by atoms with Crippen molar-refractivity contribution in [3.63, 3.8) is 0 Å². The molecule has 0 aliphatic heterocycles. The molecule has 4 nitrogen and oxygen atoms in total. The van der Waals surface area contributed by atoms with Crippen LogP contribution in [0.2, 0.25) is 5.15 Å². The quantitative estimate of drug-likeness (QED) is 0.671. The molecule has 0 spiro atoms. The molecule has 0 atom stereocenters. The summed E-state index contributed by atoms with van der Waals surface area (Å²) in [5.74, 6) is 0.473. The highest BCUT2D eigenvalue weighted by Crippen LogP contribution is 2.24. The first-order valence-corrected chi connectivity index (χ1v) is 3.69. The van der Waals surface area contributed by atoms with Gasteiger partial charge in [-0.05, 0) is 0 Å². The maximum Gasteiger partial charge on any atom is 0.180 e. The van der Waals surface area contributed by atoms with E-state index in [4.69, 9.17) is 21.1 Å². The molecular weight excluding hydrogens is 180 g/mol. The van der Waals surface area contributed by atoms with Crippen LogP contribution >= 0.6 is 11.6 Å². The first kappa shape index (κ1) is 9.22. The zero-order valence-electron chi connectivity index (χ0n) is 6.87. The normalized spacial score (nSPS) is 9.92. The van der Waals surface area contributed by atoms with E-state index >= 15 is 0 Å². The lowest BCUT2D eigenvalue weighted by atomic mass is 10.4. The molecule has 0 aliphatic carbocycles. The topological polar surface area (TPSA) is 44.2 Å². The number of hydrogen-bond donors (Lipinski definition) is 0. The molecule has 12 heavy (non-hydrogen) atoms. The van der Waals surface area contributed by atoms with Gasteiger partial charge in [0.2, 0.25) is 0 Å². The number of rotatable bonds is 3. The Balaban J connectivity index is 3.00.